The van der Waals surface area contributed by atoms with E-state index < -0.39 is 19.1 Å². The molecule has 1 amide bonds. The van der Waals surface area contributed by atoms with Crippen LogP contribution in [-0.2, 0) is 4.79 Å². The molecule has 0 saturated carbocycles. The van der Waals surface area contributed by atoms with Crippen molar-refractivity contribution in [2.45, 2.75) is 5.92 Å². The highest BCUT2D eigenvalue weighted by atomic mass is 19.3. The van der Waals surface area contributed by atoms with Gasteiger partial charge >= 0.3 is 0 Å². The number of rotatable bonds is 4. The first-order valence-corrected chi connectivity index (χ1v) is 2.28. The molecule has 0 fully saturated rings. The summed E-state index contributed by atoms with van der Waals surface area (Å²) in [6.45, 7) is -2.05. The zero-order valence-corrected chi connectivity index (χ0v) is 4.60. The van der Waals surface area contributed by atoms with Gasteiger partial charge in [-0.05, 0) is 0 Å². The third kappa shape index (κ3) is 3.84. The van der Waals surface area contributed by atoms with E-state index in [0.29, 0.717) is 0 Å². The van der Waals surface area contributed by atoms with Gasteiger partial charge in [-0.2, -0.15) is 0 Å². The third-order valence-corrected chi connectivity index (χ3v) is 0.675. The molecular formula is C4H7F2NO2. The van der Waals surface area contributed by atoms with Gasteiger partial charge in [0.15, 0.2) is 0 Å². The quantitative estimate of drug-likeness (QED) is 0.509. The van der Waals surface area contributed by atoms with Crippen molar-refractivity contribution in [3.8, 4) is 0 Å². The molecule has 0 rings (SSSR count). The van der Waals surface area contributed by atoms with E-state index in [9.17, 15) is 13.6 Å². The van der Waals surface area contributed by atoms with Crippen LogP contribution in [0.5, 0.6) is 0 Å². The monoisotopic (exact) mass is 139 g/mol. The third-order valence-electron chi connectivity index (χ3n) is 0.675. The van der Waals surface area contributed by atoms with Gasteiger partial charge in [-0.3, -0.25) is 4.79 Å². The Kier molecular flexibility index (Phi) is 3.08. The molecule has 0 aliphatic heterocycles. The standard InChI is InChI=1S/C4H7F2NO2/c5-4(6,2-8)1-7-3-9/h3,8H,1-2H2,(H,7,9). The summed E-state index contributed by atoms with van der Waals surface area (Å²) in [5.74, 6) is -3.19. The smallest absolute Gasteiger partial charge is 0.287 e. The van der Waals surface area contributed by atoms with Crippen LogP contribution in [0.3, 0.4) is 0 Å². The van der Waals surface area contributed by atoms with E-state index in [-0.39, 0.29) is 6.41 Å². The second-order valence-electron chi connectivity index (χ2n) is 1.51. The highest BCUT2D eigenvalue weighted by Gasteiger charge is 2.26. The van der Waals surface area contributed by atoms with E-state index in [1.165, 1.54) is 0 Å². The number of halogens is 2. The fourth-order valence-corrected chi connectivity index (χ4v) is 0.247. The van der Waals surface area contributed by atoms with Crippen molar-refractivity contribution in [1.82, 2.24) is 5.32 Å². The lowest BCUT2D eigenvalue weighted by Gasteiger charge is -2.10. The van der Waals surface area contributed by atoms with Gasteiger partial charge < -0.3 is 10.4 Å². The molecule has 0 unspecified atom stereocenters. The van der Waals surface area contributed by atoms with E-state index in [4.69, 9.17) is 5.11 Å². The largest absolute Gasteiger partial charge is 0.390 e. The van der Waals surface area contributed by atoms with Crippen LogP contribution in [0.25, 0.3) is 0 Å². The SMILES string of the molecule is O=CNCC(F)(F)CO. The van der Waals surface area contributed by atoms with Crippen molar-refractivity contribution >= 4 is 6.41 Å². The summed E-state index contributed by atoms with van der Waals surface area (Å²) in [6.07, 6.45) is 0.156. The van der Waals surface area contributed by atoms with Crippen LogP contribution in [0.15, 0.2) is 0 Å². The van der Waals surface area contributed by atoms with E-state index >= 15 is 0 Å². The van der Waals surface area contributed by atoms with E-state index in [2.05, 4.69) is 0 Å². The zero-order chi connectivity index (χ0) is 7.33. The van der Waals surface area contributed by atoms with Crippen LogP contribution in [0, 0.1) is 0 Å². The van der Waals surface area contributed by atoms with Crippen LogP contribution in [-0.4, -0.2) is 30.6 Å². The number of carbonyl (C=O) groups excluding carboxylic acids is 1. The highest BCUT2D eigenvalue weighted by molar-refractivity contribution is 5.45. The van der Waals surface area contributed by atoms with Crippen LogP contribution >= 0.6 is 0 Å². The summed E-state index contributed by atoms with van der Waals surface area (Å²) in [7, 11) is 0. The minimum Gasteiger partial charge on any atom is -0.390 e. The number of alkyl halides is 2. The van der Waals surface area contributed by atoms with E-state index in [1.807, 2.05) is 0 Å². The van der Waals surface area contributed by atoms with Gasteiger partial charge in [-0.1, -0.05) is 0 Å². The number of amides is 1. The van der Waals surface area contributed by atoms with Gasteiger partial charge in [-0.25, -0.2) is 8.78 Å². The molecular weight excluding hydrogens is 132 g/mol. The molecule has 5 heteroatoms. The lowest BCUT2D eigenvalue weighted by atomic mass is 10.4. The Morgan fingerprint density at radius 2 is 2.22 bits per heavy atom. The van der Waals surface area contributed by atoms with Crippen molar-refractivity contribution in [2.24, 2.45) is 0 Å². The summed E-state index contributed by atoms with van der Waals surface area (Å²) < 4.78 is 23.7. The second kappa shape index (κ2) is 3.34. The molecule has 0 saturated heterocycles. The lowest BCUT2D eigenvalue weighted by Crippen LogP contribution is -2.35. The van der Waals surface area contributed by atoms with Gasteiger partial charge in [0.1, 0.15) is 6.61 Å². The summed E-state index contributed by atoms with van der Waals surface area (Å²) >= 11 is 0. The predicted octanol–water partition coefficient (Wildman–Crippen LogP) is -0.640. The number of carbonyl (C=O) groups is 1. The van der Waals surface area contributed by atoms with Crippen molar-refractivity contribution in [3.63, 3.8) is 0 Å². The average molecular weight is 139 g/mol. The fourth-order valence-electron chi connectivity index (χ4n) is 0.247. The van der Waals surface area contributed by atoms with Crippen molar-refractivity contribution < 1.29 is 18.7 Å². The first-order valence-electron chi connectivity index (χ1n) is 2.28. The Morgan fingerprint density at radius 1 is 1.67 bits per heavy atom. The number of hydrogen-bond acceptors (Lipinski definition) is 2. The first-order chi connectivity index (χ1) is 4.12. The van der Waals surface area contributed by atoms with Gasteiger partial charge in [0, 0.05) is 0 Å². The van der Waals surface area contributed by atoms with Crippen molar-refractivity contribution in [3.05, 3.63) is 0 Å². The lowest BCUT2D eigenvalue weighted by molar-refractivity contribution is -0.112. The summed E-state index contributed by atoms with van der Waals surface area (Å²) in [5.41, 5.74) is 0. The Labute approximate surface area is 50.7 Å². The Morgan fingerprint density at radius 3 is 2.56 bits per heavy atom. The maximum absolute atomic E-state index is 11.9. The Hall–Kier alpha value is -0.710. The molecule has 0 aromatic carbocycles. The molecule has 0 aliphatic carbocycles. The molecule has 0 spiro atoms. The van der Waals surface area contributed by atoms with Gasteiger partial charge in [0.2, 0.25) is 6.41 Å². The molecule has 0 aliphatic rings. The van der Waals surface area contributed by atoms with Crippen LogP contribution in [0.2, 0.25) is 0 Å². The van der Waals surface area contributed by atoms with E-state index in [1.54, 1.807) is 5.32 Å². The van der Waals surface area contributed by atoms with Crippen LogP contribution in [0.4, 0.5) is 8.78 Å². The summed E-state index contributed by atoms with van der Waals surface area (Å²) in [4.78, 5) is 9.44. The molecule has 0 atom stereocenters. The summed E-state index contributed by atoms with van der Waals surface area (Å²) in [5, 5.41) is 9.66. The Bertz CT molecular complexity index is 96.6. The summed E-state index contributed by atoms with van der Waals surface area (Å²) in [6, 6.07) is 0. The number of nitrogens with one attached hydrogen (secondary N) is 1. The zero-order valence-electron chi connectivity index (χ0n) is 4.60. The second-order valence-corrected chi connectivity index (χ2v) is 1.51. The van der Waals surface area contributed by atoms with Gasteiger partial charge in [-0.15, -0.1) is 0 Å². The van der Waals surface area contributed by atoms with Crippen LogP contribution < -0.4 is 5.32 Å². The average Bonchev–Trinajstić information content (AvgIpc) is 1.84. The normalized spacial score (nSPS) is 11.0. The van der Waals surface area contributed by atoms with Crippen LogP contribution in [0.1, 0.15) is 0 Å². The molecule has 2 N–H and O–H groups in total. The molecule has 0 bridgehead atoms. The number of aliphatic hydroxyl groups is 1. The molecule has 0 heterocycles. The van der Waals surface area contributed by atoms with Crippen molar-refractivity contribution in [2.75, 3.05) is 13.2 Å². The minimum atomic E-state index is -3.19. The van der Waals surface area contributed by atoms with E-state index in [0.717, 1.165) is 0 Å². The molecule has 9 heavy (non-hydrogen) atoms. The topological polar surface area (TPSA) is 49.3 Å². The molecule has 0 aromatic rings. The number of hydrogen-bond donors (Lipinski definition) is 2. The van der Waals surface area contributed by atoms with Gasteiger partial charge in [0.25, 0.3) is 5.92 Å². The van der Waals surface area contributed by atoms with Gasteiger partial charge in [0.05, 0.1) is 6.54 Å². The predicted molar refractivity (Wildman–Crippen MR) is 26.1 cm³/mol. The first kappa shape index (κ1) is 8.29. The number of aliphatic hydroxyl groups excluding tert-OH is 1. The molecule has 3 nitrogen and oxygen atoms in total. The molecule has 0 radical (unpaired) electrons. The maximum Gasteiger partial charge on any atom is 0.287 e. The minimum absolute atomic E-state index is 0.156. The molecule has 54 valence electrons. The molecule has 0 aromatic heterocycles. The van der Waals surface area contributed by atoms with Crippen molar-refractivity contribution in [1.29, 1.82) is 0 Å². The fraction of sp³-hybridized carbons (Fsp3) is 0.750. The Balaban J connectivity index is 3.44. The highest BCUT2D eigenvalue weighted by Crippen LogP contribution is 2.08. The maximum atomic E-state index is 11.9.